The molecule has 2 aromatic rings. The van der Waals surface area contributed by atoms with Crippen LogP contribution in [0.3, 0.4) is 0 Å². The number of rotatable bonds is 9. The maximum Gasteiger partial charge on any atom is 0.240 e. The number of piperidine rings is 1. The van der Waals surface area contributed by atoms with Gasteiger partial charge in [-0.15, -0.1) is 5.92 Å². The summed E-state index contributed by atoms with van der Waals surface area (Å²) < 4.78 is 26.3. The molecule has 35 heavy (non-hydrogen) atoms. The van der Waals surface area contributed by atoms with Gasteiger partial charge in [-0.3, -0.25) is 14.5 Å². The van der Waals surface area contributed by atoms with Crippen LogP contribution in [0.25, 0.3) is 10.8 Å². The Kier molecular flexibility index (Phi) is 9.26. The van der Waals surface area contributed by atoms with Crippen LogP contribution < -0.4 is 10.6 Å². The van der Waals surface area contributed by atoms with Crippen molar-refractivity contribution in [1.82, 2.24) is 19.8 Å². The van der Waals surface area contributed by atoms with Crippen LogP contribution in [0.5, 0.6) is 0 Å². The second-order valence-corrected chi connectivity index (χ2v) is 10.7. The van der Waals surface area contributed by atoms with Crippen LogP contribution >= 0.6 is 0 Å². The van der Waals surface area contributed by atoms with Gasteiger partial charge >= 0.3 is 0 Å². The molecule has 8 nitrogen and oxygen atoms in total. The van der Waals surface area contributed by atoms with E-state index in [2.05, 4.69) is 64.6 Å². The van der Waals surface area contributed by atoms with Gasteiger partial charge in [0.1, 0.15) is 0 Å². The van der Waals surface area contributed by atoms with E-state index in [1.165, 1.54) is 20.6 Å². The van der Waals surface area contributed by atoms with Gasteiger partial charge in [-0.05, 0) is 43.0 Å². The summed E-state index contributed by atoms with van der Waals surface area (Å²) in [5.41, 5.74) is 1.25. The molecular weight excluding hydrogens is 464 g/mol. The molecular formula is C26H34N4O4S. The first-order valence-corrected chi connectivity index (χ1v) is 13.7. The molecule has 1 atom stereocenters. The molecule has 2 amide bonds. The van der Waals surface area contributed by atoms with Crippen LogP contribution in [0.4, 0.5) is 0 Å². The van der Waals surface area contributed by atoms with E-state index >= 15 is 0 Å². The van der Waals surface area contributed by atoms with Crippen molar-refractivity contribution in [2.45, 2.75) is 38.8 Å². The maximum absolute atomic E-state index is 12.5. The zero-order valence-electron chi connectivity index (χ0n) is 20.6. The third kappa shape index (κ3) is 7.28. The largest absolute Gasteiger partial charge is 0.346 e. The topological polar surface area (TPSA) is 98.8 Å². The zero-order valence-corrected chi connectivity index (χ0v) is 21.4. The van der Waals surface area contributed by atoms with Gasteiger partial charge in [-0.2, -0.15) is 4.31 Å². The lowest BCUT2D eigenvalue weighted by molar-refractivity contribution is -0.126. The Morgan fingerprint density at radius 1 is 1.09 bits per heavy atom. The van der Waals surface area contributed by atoms with Gasteiger partial charge in [0.05, 0.1) is 25.9 Å². The molecule has 188 valence electrons. The molecule has 0 unspecified atom stereocenters. The molecule has 0 saturated carbocycles. The lowest BCUT2D eigenvalue weighted by atomic mass is 9.96. The highest BCUT2D eigenvalue weighted by molar-refractivity contribution is 7.88. The van der Waals surface area contributed by atoms with E-state index in [9.17, 15) is 18.0 Å². The average Bonchev–Trinajstić information content (AvgIpc) is 2.85. The van der Waals surface area contributed by atoms with E-state index < -0.39 is 15.9 Å². The fraction of sp³-hybridized carbons (Fsp3) is 0.462. The summed E-state index contributed by atoms with van der Waals surface area (Å²) in [7, 11) is -3.60. The van der Waals surface area contributed by atoms with Crippen molar-refractivity contribution in [3.63, 3.8) is 0 Å². The van der Waals surface area contributed by atoms with E-state index in [0.29, 0.717) is 12.8 Å². The summed E-state index contributed by atoms with van der Waals surface area (Å²) in [6, 6.07) is 14.6. The summed E-state index contributed by atoms with van der Waals surface area (Å²) >= 11 is 0. The number of nitrogens with one attached hydrogen (secondary N) is 2. The summed E-state index contributed by atoms with van der Waals surface area (Å²) in [5.74, 6) is 4.50. The number of carbonyl (C=O) groups excluding carboxylic acids is 2. The van der Waals surface area contributed by atoms with E-state index in [1.807, 2.05) is 12.1 Å². The standard InChI is InChI=1S/C26H34N4O4S/c1-4-5-15-27-25(31)18-28-26(32)19-30(35(3,33)34)22-13-16-29(17-14-22)20(2)23-12-8-10-21-9-6-7-11-24(21)23/h6-12,20,22H,13-19H2,1-3H3,(H,27,31)(H,28,32)/t20-/m1/s1. The molecule has 1 aliphatic rings. The molecule has 0 bridgehead atoms. The van der Waals surface area contributed by atoms with E-state index in [0.717, 1.165) is 19.3 Å². The van der Waals surface area contributed by atoms with Crippen molar-refractivity contribution in [3.8, 4) is 11.8 Å². The predicted octanol–water partition coefficient (Wildman–Crippen LogP) is 1.88. The first-order valence-electron chi connectivity index (χ1n) is 11.8. The molecule has 9 heteroatoms. The van der Waals surface area contributed by atoms with Crippen molar-refractivity contribution >= 4 is 32.6 Å². The summed E-state index contributed by atoms with van der Waals surface area (Å²) in [6.45, 7) is 4.99. The van der Waals surface area contributed by atoms with Gasteiger partial charge in [-0.1, -0.05) is 48.4 Å². The molecule has 2 aromatic carbocycles. The number of amides is 2. The fourth-order valence-electron chi connectivity index (χ4n) is 4.56. The minimum absolute atomic E-state index is 0.188. The number of sulfonamides is 1. The third-order valence-electron chi connectivity index (χ3n) is 6.45. The lowest BCUT2D eigenvalue weighted by Gasteiger charge is -2.39. The lowest BCUT2D eigenvalue weighted by Crippen LogP contribution is -2.51. The highest BCUT2D eigenvalue weighted by Gasteiger charge is 2.33. The van der Waals surface area contributed by atoms with E-state index in [4.69, 9.17) is 0 Å². The van der Waals surface area contributed by atoms with Gasteiger partial charge < -0.3 is 10.6 Å². The Bertz CT molecular complexity index is 1210. The third-order valence-corrected chi connectivity index (χ3v) is 7.73. The molecule has 1 heterocycles. The number of hydrogen-bond donors (Lipinski definition) is 2. The highest BCUT2D eigenvalue weighted by atomic mass is 32.2. The number of fused-ring (bicyclic) bond motifs is 1. The number of nitrogens with zero attached hydrogens (tertiary/aromatic N) is 2. The molecule has 1 saturated heterocycles. The minimum Gasteiger partial charge on any atom is -0.346 e. The van der Waals surface area contributed by atoms with Crippen LogP contribution in [-0.4, -0.2) is 74.5 Å². The Hall–Kier alpha value is -2.93. The molecule has 0 spiro atoms. The second-order valence-electron chi connectivity index (χ2n) is 8.80. The SMILES string of the molecule is CC#CCNC(=O)CNC(=O)CN(C1CCN([C@H](C)c2cccc3ccccc23)CC1)S(C)(=O)=O. The highest BCUT2D eigenvalue weighted by Crippen LogP contribution is 2.31. The van der Waals surface area contributed by atoms with Gasteiger partial charge in [-0.25, -0.2) is 8.42 Å². The Balaban J connectivity index is 1.59. The van der Waals surface area contributed by atoms with Crippen molar-refractivity contribution in [2.24, 2.45) is 0 Å². The first-order chi connectivity index (χ1) is 16.7. The minimum atomic E-state index is -3.60. The zero-order chi connectivity index (χ0) is 25.4. The molecule has 0 aromatic heterocycles. The Morgan fingerprint density at radius 3 is 2.46 bits per heavy atom. The van der Waals surface area contributed by atoms with Crippen LogP contribution in [0.2, 0.25) is 0 Å². The predicted molar refractivity (Wildman–Crippen MR) is 138 cm³/mol. The van der Waals surface area contributed by atoms with Crippen molar-refractivity contribution < 1.29 is 18.0 Å². The van der Waals surface area contributed by atoms with E-state index in [-0.39, 0.29) is 37.6 Å². The summed E-state index contributed by atoms with van der Waals surface area (Å²) in [5, 5.41) is 7.49. The van der Waals surface area contributed by atoms with Crippen LogP contribution in [0.15, 0.2) is 42.5 Å². The Labute approximate surface area is 208 Å². The molecule has 0 aliphatic carbocycles. The van der Waals surface area contributed by atoms with Gasteiger partial charge in [0.25, 0.3) is 0 Å². The number of carbonyl (C=O) groups is 2. The van der Waals surface area contributed by atoms with Gasteiger partial charge in [0.2, 0.25) is 21.8 Å². The number of hydrogen-bond acceptors (Lipinski definition) is 5. The van der Waals surface area contributed by atoms with Crippen molar-refractivity contribution in [1.29, 1.82) is 0 Å². The molecule has 1 aliphatic heterocycles. The second kappa shape index (κ2) is 12.2. The molecule has 2 N–H and O–H groups in total. The number of benzene rings is 2. The van der Waals surface area contributed by atoms with Crippen LogP contribution in [0.1, 0.15) is 38.3 Å². The summed E-state index contributed by atoms with van der Waals surface area (Å²) in [6.07, 6.45) is 2.39. The molecule has 0 radical (unpaired) electrons. The number of likely N-dealkylation sites (tertiary alicyclic amines) is 1. The molecule has 1 fully saturated rings. The van der Waals surface area contributed by atoms with Crippen LogP contribution in [0, 0.1) is 11.8 Å². The quantitative estimate of drug-likeness (QED) is 0.515. The average molecular weight is 499 g/mol. The molecule has 3 rings (SSSR count). The normalized spacial score (nSPS) is 15.9. The first kappa shape index (κ1) is 26.7. The smallest absolute Gasteiger partial charge is 0.240 e. The maximum atomic E-state index is 12.5. The van der Waals surface area contributed by atoms with Gasteiger partial charge in [0, 0.05) is 25.2 Å². The monoisotopic (exact) mass is 498 g/mol. The van der Waals surface area contributed by atoms with Crippen molar-refractivity contribution in [3.05, 3.63) is 48.0 Å². The fourth-order valence-corrected chi connectivity index (χ4v) is 5.66. The van der Waals surface area contributed by atoms with Crippen molar-refractivity contribution in [2.75, 3.05) is 39.0 Å². The van der Waals surface area contributed by atoms with Gasteiger partial charge in [0.15, 0.2) is 0 Å². The van der Waals surface area contributed by atoms with E-state index in [1.54, 1.807) is 6.92 Å². The summed E-state index contributed by atoms with van der Waals surface area (Å²) in [4.78, 5) is 26.6. The Morgan fingerprint density at radius 2 is 1.77 bits per heavy atom. The van der Waals surface area contributed by atoms with Crippen LogP contribution in [-0.2, 0) is 19.6 Å².